The summed E-state index contributed by atoms with van der Waals surface area (Å²) in [4.78, 5) is 10.4. The fourth-order valence-corrected chi connectivity index (χ4v) is 1.82. The SMILES string of the molecule is C=Cc1c(C(=C)F)ccn1CC(=O)O.CC.CCC(C)CCNC. The molecule has 0 saturated carbocycles. The number of hydrogen-bond acceptors (Lipinski definition) is 2. The van der Waals surface area contributed by atoms with Gasteiger partial charge in [0.15, 0.2) is 0 Å². The van der Waals surface area contributed by atoms with Gasteiger partial charge in [-0.25, -0.2) is 4.39 Å². The van der Waals surface area contributed by atoms with Gasteiger partial charge in [0.2, 0.25) is 0 Å². The highest BCUT2D eigenvalue weighted by Gasteiger charge is 2.10. The largest absolute Gasteiger partial charge is 0.480 e. The average molecular weight is 340 g/mol. The first-order valence-electron chi connectivity index (χ1n) is 8.40. The maximum absolute atomic E-state index is 12.8. The van der Waals surface area contributed by atoms with Crippen molar-refractivity contribution in [1.82, 2.24) is 9.88 Å². The van der Waals surface area contributed by atoms with E-state index in [2.05, 4.69) is 32.3 Å². The quantitative estimate of drug-likeness (QED) is 0.713. The third-order valence-corrected chi connectivity index (χ3v) is 3.38. The molecule has 1 heterocycles. The monoisotopic (exact) mass is 340 g/mol. The van der Waals surface area contributed by atoms with E-state index in [0.29, 0.717) is 5.69 Å². The van der Waals surface area contributed by atoms with Gasteiger partial charge in [-0.05, 0) is 38.1 Å². The van der Waals surface area contributed by atoms with E-state index < -0.39 is 11.8 Å². The topological polar surface area (TPSA) is 54.3 Å². The molecule has 0 aliphatic carbocycles. The Kier molecular flexibility index (Phi) is 14.9. The van der Waals surface area contributed by atoms with Crippen molar-refractivity contribution in [2.45, 2.75) is 47.1 Å². The van der Waals surface area contributed by atoms with Crippen LogP contribution in [0.3, 0.4) is 0 Å². The molecule has 24 heavy (non-hydrogen) atoms. The number of carboxylic acids is 1. The van der Waals surface area contributed by atoms with Crippen molar-refractivity contribution in [3.05, 3.63) is 36.7 Å². The summed E-state index contributed by atoms with van der Waals surface area (Å²) in [7, 11) is 2.00. The lowest BCUT2D eigenvalue weighted by Gasteiger charge is -2.05. The standard InChI is InChI=1S/C10H10FNO2.C7H17N.C2H6/c1-3-9-8(7(2)11)4-5-12(9)6-10(13)14;1-4-7(2)5-6-8-3;1-2/h3-5H,1-2,6H2,(H,13,14);7-8H,4-6H2,1-3H3;1-2H3. The molecule has 5 heteroatoms. The molecule has 0 saturated heterocycles. The van der Waals surface area contributed by atoms with Crippen LogP contribution in [0.5, 0.6) is 0 Å². The Bertz CT molecular complexity index is 496. The maximum atomic E-state index is 12.8. The molecule has 1 unspecified atom stereocenters. The molecule has 1 atom stereocenters. The van der Waals surface area contributed by atoms with Crippen LogP contribution in [0.15, 0.2) is 25.4 Å². The number of rotatable bonds is 8. The summed E-state index contributed by atoms with van der Waals surface area (Å²) in [5.41, 5.74) is 0.709. The smallest absolute Gasteiger partial charge is 0.323 e. The van der Waals surface area contributed by atoms with Gasteiger partial charge >= 0.3 is 5.97 Å². The molecular formula is C19H33FN2O2. The van der Waals surface area contributed by atoms with E-state index in [9.17, 15) is 9.18 Å². The highest BCUT2D eigenvalue weighted by Crippen LogP contribution is 2.21. The fourth-order valence-electron chi connectivity index (χ4n) is 1.82. The van der Waals surface area contributed by atoms with Crippen molar-refractivity contribution in [3.63, 3.8) is 0 Å². The molecule has 1 aromatic rings. The molecular weight excluding hydrogens is 307 g/mol. The fraction of sp³-hybridized carbons (Fsp3) is 0.526. The third-order valence-electron chi connectivity index (χ3n) is 3.38. The molecule has 0 spiro atoms. The molecule has 0 radical (unpaired) electrons. The second kappa shape index (κ2) is 14.7. The minimum absolute atomic E-state index is 0.214. The Hall–Kier alpha value is -1.88. The lowest BCUT2D eigenvalue weighted by molar-refractivity contribution is -0.137. The molecule has 4 nitrogen and oxygen atoms in total. The minimum Gasteiger partial charge on any atom is -0.480 e. The molecule has 2 N–H and O–H groups in total. The Balaban J connectivity index is 0. The zero-order valence-corrected chi connectivity index (χ0v) is 15.7. The number of nitrogens with zero attached hydrogens (tertiary/aromatic N) is 1. The first-order chi connectivity index (χ1) is 11.4. The van der Waals surface area contributed by atoms with Crippen molar-refractivity contribution in [3.8, 4) is 0 Å². The molecule has 0 aromatic carbocycles. The Morgan fingerprint density at radius 2 is 2.08 bits per heavy atom. The van der Waals surface area contributed by atoms with E-state index in [0.717, 1.165) is 12.5 Å². The van der Waals surface area contributed by atoms with Crippen LogP contribution in [0.4, 0.5) is 4.39 Å². The van der Waals surface area contributed by atoms with E-state index in [1.165, 1.54) is 35.7 Å². The van der Waals surface area contributed by atoms with Gasteiger partial charge in [0.25, 0.3) is 0 Å². The number of nitrogens with one attached hydrogen (secondary N) is 1. The van der Waals surface area contributed by atoms with Crippen LogP contribution in [0.2, 0.25) is 0 Å². The van der Waals surface area contributed by atoms with E-state index in [1.54, 1.807) is 0 Å². The number of aliphatic carboxylic acids is 1. The Morgan fingerprint density at radius 1 is 1.50 bits per heavy atom. The minimum atomic E-state index is -0.986. The van der Waals surface area contributed by atoms with Crippen molar-refractivity contribution in [1.29, 1.82) is 0 Å². The zero-order chi connectivity index (χ0) is 19.1. The summed E-state index contributed by atoms with van der Waals surface area (Å²) in [6.45, 7) is 16.1. The summed E-state index contributed by atoms with van der Waals surface area (Å²) in [6.07, 6.45) is 5.52. The average Bonchev–Trinajstić information content (AvgIpc) is 2.97. The van der Waals surface area contributed by atoms with E-state index in [-0.39, 0.29) is 12.1 Å². The first-order valence-corrected chi connectivity index (χ1v) is 8.40. The molecule has 0 aliphatic rings. The van der Waals surface area contributed by atoms with Crippen molar-refractivity contribution >= 4 is 17.9 Å². The number of halogens is 1. The molecule has 0 aliphatic heterocycles. The van der Waals surface area contributed by atoms with Gasteiger partial charge in [-0.15, -0.1) is 0 Å². The van der Waals surface area contributed by atoms with Crippen molar-refractivity contribution in [2.24, 2.45) is 5.92 Å². The number of aromatic nitrogens is 1. The summed E-state index contributed by atoms with van der Waals surface area (Å²) in [6, 6.07) is 1.47. The lowest BCUT2D eigenvalue weighted by Crippen LogP contribution is -2.10. The molecule has 0 amide bonds. The van der Waals surface area contributed by atoms with Gasteiger partial charge in [-0.3, -0.25) is 4.79 Å². The maximum Gasteiger partial charge on any atom is 0.323 e. The molecule has 138 valence electrons. The van der Waals surface area contributed by atoms with Crippen LogP contribution < -0.4 is 5.32 Å². The van der Waals surface area contributed by atoms with Gasteiger partial charge in [-0.2, -0.15) is 0 Å². The highest BCUT2D eigenvalue weighted by atomic mass is 19.1. The van der Waals surface area contributed by atoms with E-state index >= 15 is 0 Å². The van der Waals surface area contributed by atoms with Gasteiger partial charge in [-0.1, -0.05) is 47.3 Å². The van der Waals surface area contributed by atoms with Crippen molar-refractivity contribution in [2.75, 3.05) is 13.6 Å². The van der Waals surface area contributed by atoms with Crippen LogP contribution in [0.25, 0.3) is 11.9 Å². The number of carboxylic acid groups (broad SMARTS) is 1. The molecule has 0 bridgehead atoms. The van der Waals surface area contributed by atoms with Crippen LogP contribution in [-0.2, 0) is 11.3 Å². The molecule has 1 aromatic heterocycles. The summed E-state index contributed by atoms with van der Waals surface area (Å²) < 4.78 is 14.2. The van der Waals surface area contributed by atoms with Gasteiger partial charge in [0.1, 0.15) is 12.4 Å². The normalized spacial score (nSPS) is 10.6. The highest BCUT2D eigenvalue weighted by molar-refractivity contribution is 5.70. The predicted molar refractivity (Wildman–Crippen MR) is 102 cm³/mol. The Labute approximate surface area is 146 Å². The van der Waals surface area contributed by atoms with Crippen molar-refractivity contribution < 1.29 is 14.3 Å². The van der Waals surface area contributed by atoms with Crippen LogP contribution in [-0.4, -0.2) is 29.2 Å². The van der Waals surface area contributed by atoms with Crippen LogP contribution >= 0.6 is 0 Å². The predicted octanol–water partition coefficient (Wildman–Crippen LogP) is 4.82. The van der Waals surface area contributed by atoms with E-state index in [4.69, 9.17) is 5.11 Å². The zero-order valence-electron chi connectivity index (χ0n) is 15.7. The molecule has 1 rings (SSSR count). The summed E-state index contributed by atoms with van der Waals surface area (Å²) >= 11 is 0. The van der Waals surface area contributed by atoms with Gasteiger partial charge in [0, 0.05) is 11.8 Å². The summed E-state index contributed by atoms with van der Waals surface area (Å²) in [5.74, 6) is -0.689. The first kappa shape index (κ1) is 24.4. The third kappa shape index (κ3) is 10.0. The van der Waals surface area contributed by atoms with Gasteiger partial charge in [0.05, 0.1) is 5.69 Å². The van der Waals surface area contributed by atoms with Crippen LogP contribution in [0.1, 0.15) is 51.8 Å². The number of carbonyl (C=O) groups is 1. The second-order valence-electron chi connectivity index (χ2n) is 5.15. The summed E-state index contributed by atoms with van der Waals surface area (Å²) in [5, 5.41) is 11.7. The van der Waals surface area contributed by atoms with Crippen LogP contribution in [0, 0.1) is 5.92 Å². The van der Waals surface area contributed by atoms with Gasteiger partial charge < -0.3 is 15.0 Å². The second-order valence-corrected chi connectivity index (χ2v) is 5.15. The molecule has 0 fully saturated rings. The lowest BCUT2D eigenvalue weighted by atomic mass is 10.1. The number of hydrogen-bond donors (Lipinski definition) is 2. The van der Waals surface area contributed by atoms with E-state index in [1.807, 2.05) is 20.9 Å². The Morgan fingerprint density at radius 3 is 2.46 bits per heavy atom.